The van der Waals surface area contributed by atoms with Crippen molar-refractivity contribution in [1.29, 1.82) is 0 Å². The van der Waals surface area contributed by atoms with E-state index < -0.39 is 18.7 Å². The quantitative estimate of drug-likeness (QED) is 0.799. The van der Waals surface area contributed by atoms with Crippen LogP contribution in [-0.2, 0) is 11.2 Å². The smallest absolute Gasteiger partial charge is 0.320 e. The van der Waals surface area contributed by atoms with E-state index in [-0.39, 0.29) is 13.0 Å². The Hall–Kier alpha value is -1.82. The predicted molar refractivity (Wildman–Crippen MR) is 78.7 cm³/mol. The number of nitrogens with two attached hydrogens (primary N) is 1. The van der Waals surface area contributed by atoms with Crippen molar-refractivity contribution in [3.8, 4) is 5.75 Å². The molecule has 6 heteroatoms. The zero-order chi connectivity index (χ0) is 15.2. The van der Waals surface area contributed by atoms with Crippen molar-refractivity contribution in [2.24, 2.45) is 5.73 Å². The van der Waals surface area contributed by atoms with Crippen LogP contribution in [0.5, 0.6) is 5.75 Å². The Bertz CT molecular complexity index is 490. The first-order valence-corrected chi connectivity index (χ1v) is 7.17. The molecular weight excluding hydrogens is 275 g/mol. The number of rotatable bonds is 7. The van der Waals surface area contributed by atoms with Gasteiger partial charge in [0.2, 0.25) is 0 Å². The molecule has 0 bridgehead atoms. The molecule has 1 aliphatic rings. The van der Waals surface area contributed by atoms with Crippen molar-refractivity contribution in [3.05, 3.63) is 23.8 Å². The van der Waals surface area contributed by atoms with Crippen molar-refractivity contribution >= 4 is 11.7 Å². The molecule has 0 amide bonds. The van der Waals surface area contributed by atoms with Crippen molar-refractivity contribution in [3.63, 3.8) is 0 Å². The van der Waals surface area contributed by atoms with Gasteiger partial charge in [0.15, 0.2) is 0 Å². The molecule has 1 atom stereocenters. The first-order valence-electron chi connectivity index (χ1n) is 7.17. The number of carboxylic acids is 1. The fraction of sp³-hybridized carbons (Fsp3) is 0.533. The molecule has 1 aromatic rings. The lowest BCUT2D eigenvalue weighted by Crippen LogP contribution is -2.33. The summed E-state index contributed by atoms with van der Waals surface area (Å²) in [5.74, 6) is -0.486. The molecule has 1 aromatic carbocycles. The van der Waals surface area contributed by atoms with Crippen LogP contribution in [0.4, 0.5) is 10.1 Å². The summed E-state index contributed by atoms with van der Waals surface area (Å²) in [6.07, 6.45) is 2.49. The number of carbonyl (C=O) groups is 1. The lowest BCUT2D eigenvalue weighted by Gasteiger charge is -2.23. The SMILES string of the molecule is NC(Cc1cc(OCCF)ccc1N1CCCC1)C(=O)O. The van der Waals surface area contributed by atoms with E-state index in [4.69, 9.17) is 15.6 Å². The topological polar surface area (TPSA) is 75.8 Å². The number of nitrogens with zero attached hydrogens (tertiary/aromatic N) is 1. The lowest BCUT2D eigenvalue weighted by molar-refractivity contribution is -0.138. The van der Waals surface area contributed by atoms with Crippen LogP contribution in [0.15, 0.2) is 18.2 Å². The second-order valence-electron chi connectivity index (χ2n) is 5.17. The van der Waals surface area contributed by atoms with Crippen molar-refractivity contribution in [2.75, 3.05) is 31.3 Å². The number of ether oxygens (including phenoxy) is 1. The van der Waals surface area contributed by atoms with E-state index in [2.05, 4.69) is 4.90 Å². The zero-order valence-electron chi connectivity index (χ0n) is 11.9. The van der Waals surface area contributed by atoms with E-state index in [1.165, 1.54) is 0 Å². The highest BCUT2D eigenvalue weighted by atomic mass is 19.1. The van der Waals surface area contributed by atoms with E-state index in [0.717, 1.165) is 37.2 Å². The molecule has 1 aliphatic heterocycles. The number of hydrogen-bond acceptors (Lipinski definition) is 4. The van der Waals surface area contributed by atoms with E-state index in [0.29, 0.717) is 5.75 Å². The van der Waals surface area contributed by atoms with Gasteiger partial charge < -0.3 is 20.5 Å². The molecule has 2 rings (SSSR count). The van der Waals surface area contributed by atoms with Gasteiger partial charge in [-0.15, -0.1) is 0 Å². The standard InChI is InChI=1S/C15H21FN2O3/c16-5-8-21-12-3-4-14(18-6-1-2-7-18)11(9-12)10-13(17)15(19)20/h3-4,9,13H,1-2,5-8,10,17H2,(H,19,20). The predicted octanol–water partition coefficient (Wildman–Crippen LogP) is 1.59. The molecule has 116 valence electrons. The Kier molecular flexibility index (Phi) is 5.38. The molecule has 1 fully saturated rings. The number of halogens is 1. The van der Waals surface area contributed by atoms with Gasteiger partial charge in [-0.2, -0.15) is 0 Å². The van der Waals surface area contributed by atoms with Crippen LogP contribution < -0.4 is 15.4 Å². The van der Waals surface area contributed by atoms with Gasteiger partial charge in [-0.05, 0) is 36.6 Å². The van der Waals surface area contributed by atoms with Gasteiger partial charge in [0.1, 0.15) is 25.1 Å². The van der Waals surface area contributed by atoms with Crippen molar-refractivity contribution in [1.82, 2.24) is 0 Å². The maximum atomic E-state index is 12.2. The second kappa shape index (κ2) is 7.26. The van der Waals surface area contributed by atoms with E-state index in [1.54, 1.807) is 12.1 Å². The lowest BCUT2D eigenvalue weighted by atomic mass is 10.0. The average molecular weight is 296 g/mol. The molecule has 0 aromatic heterocycles. The monoisotopic (exact) mass is 296 g/mol. The molecule has 5 nitrogen and oxygen atoms in total. The summed E-state index contributed by atoms with van der Waals surface area (Å²) >= 11 is 0. The zero-order valence-corrected chi connectivity index (χ0v) is 11.9. The van der Waals surface area contributed by atoms with Gasteiger partial charge >= 0.3 is 5.97 Å². The molecule has 3 N–H and O–H groups in total. The minimum Gasteiger partial charge on any atom is -0.491 e. The fourth-order valence-electron chi connectivity index (χ4n) is 2.56. The Morgan fingerprint density at radius 3 is 2.76 bits per heavy atom. The van der Waals surface area contributed by atoms with Gasteiger partial charge in [-0.25, -0.2) is 4.39 Å². The molecular formula is C15H21FN2O3. The number of carboxylic acid groups (broad SMARTS) is 1. The first kappa shape index (κ1) is 15.6. The fourth-order valence-corrected chi connectivity index (χ4v) is 2.56. The molecule has 1 heterocycles. The molecule has 0 radical (unpaired) electrons. The van der Waals surface area contributed by atoms with Gasteiger partial charge in [-0.1, -0.05) is 0 Å². The van der Waals surface area contributed by atoms with Crippen LogP contribution in [0.25, 0.3) is 0 Å². The third-order valence-corrected chi connectivity index (χ3v) is 3.60. The Morgan fingerprint density at radius 1 is 1.43 bits per heavy atom. The summed E-state index contributed by atoms with van der Waals surface area (Å²) in [6.45, 7) is 1.35. The summed E-state index contributed by atoms with van der Waals surface area (Å²) in [5, 5.41) is 8.99. The molecule has 1 unspecified atom stereocenters. The van der Waals surface area contributed by atoms with Crippen LogP contribution in [0, 0.1) is 0 Å². The summed E-state index contributed by atoms with van der Waals surface area (Å²) in [4.78, 5) is 13.2. The van der Waals surface area contributed by atoms with Crippen LogP contribution >= 0.6 is 0 Å². The van der Waals surface area contributed by atoms with Gasteiger partial charge in [0, 0.05) is 25.2 Å². The van der Waals surface area contributed by atoms with Crippen LogP contribution in [0.2, 0.25) is 0 Å². The van der Waals surface area contributed by atoms with Gasteiger partial charge in [-0.3, -0.25) is 4.79 Å². The summed E-state index contributed by atoms with van der Waals surface area (Å²) in [7, 11) is 0. The van der Waals surface area contributed by atoms with Crippen LogP contribution in [-0.4, -0.2) is 43.5 Å². The van der Waals surface area contributed by atoms with E-state index in [9.17, 15) is 9.18 Å². The number of alkyl halides is 1. The van der Waals surface area contributed by atoms with Gasteiger partial charge in [0.05, 0.1) is 0 Å². The van der Waals surface area contributed by atoms with E-state index in [1.807, 2.05) is 6.07 Å². The maximum Gasteiger partial charge on any atom is 0.320 e. The molecule has 0 spiro atoms. The number of benzene rings is 1. The summed E-state index contributed by atoms with van der Waals surface area (Å²) in [5.41, 5.74) is 7.48. The van der Waals surface area contributed by atoms with Crippen molar-refractivity contribution in [2.45, 2.75) is 25.3 Å². The van der Waals surface area contributed by atoms with E-state index >= 15 is 0 Å². The highest BCUT2D eigenvalue weighted by molar-refractivity contribution is 5.74. The molecule has 0 saturated carbocycles. The second-order valence-corrected chi connectivity index (χ2v) is 5.17. The Morgan fingerprint density at radius 2 is 2.14 bits per heavy atom. The minimum absolute atomic E-state index is 0.00646. The van der Waals surface area contributed by atoms with Crippen LogP contribution in [0.3, 0.4) is 0 Å². The Labute approximate surface area is 123 Å². The largest absolute Gasteiger partial charge is 0.491 e. The Balaban J connectivity index is 2.23. The van der Waals surface area contributed by atoms with Crippen molar-refractivity contribution < 1.29 is 19.0 Å². The van der Waals surface area contributed by atoms with Gasteiger partial charge in [0.25, 0.3) is 0 Å². The number of aliphatic carboxylic acids is 1. The normalized spacial score (nSPS) is 16.0. The van der Waals surface area contributed by atoms with Crippen LogP contribution in [0.1, 0.15) is 18.4 Å². The minimum atomic E-state index is -1.03. The first-order chi connectivity index (χ1) is 10.1. The third kappa shape index (κ3) is 4.07. The third-order valence-electron chi connectivity index (χ3n) is 3.60. The average Bonchev–Trinajstić information content (AvgIpc) is 2.99. The molecule has 0 aliphatic carbocycles. The number of anilines is 1. The maximum absolute atomic E-state index is 12.2. The molecule has 21 heavy (non-hydrogen) atoms. The molecule has 1 saturated heterocycles. The highest BCUT2D eigenvalue weighted by Crippen LogP contribution is 2.29. The number of hydrogen-bond donors (Lipinski definition) is 2. The summed E-state index contributed by atoms with van der Waals surface area (Å²) in [6, 6.07) is 4.51. The summed E-state index contributed by atoms with van der Waals surface area (Å²) < 4.78 is 17.5. The highest BCUT2D eigenvalue weighted by Gasteiger charge is 2.20.